The highest BCUT2D eigenvalue weighted by Gasteiger charge is 2.18. The summed E-state index contributed by atoms with van der Waals surface area (Å²) in [6.45, 7) is 9.63. The van der Waals surface area contributed by atoms with Gasteiger partial charge in [0.1, 0.15) is 17.8 Å². The minimum absolute atomic E-state index is 0.00268. The second-order valence-corrected chi connectivity index (χ2v) is 10.4. The molecule has 0 aliphatic carbocycles. The van der Waals surface area contributed by atoms with Crippen molar-refractivity contribution < 1.29 is 9.53 Å². The predicted molar refractivity (Wildman–Crippen MR) is 145 cm³/mol. The monoisotopic (exact) mass is 492 g/mol. The quantitative estimate of drug-likeness (QED) is 0.447. The fourth-order valence-electron chi connectivity index (χ4n) is 5.15. The van der Waals surface area contributed by atoms with E-state index in [1.807, 2.05) is 54.8 Å². The van der Waals surface area contributed by atoms with Gasteiger partial charge in [-0.15, -0.1) is 0 Å². The van der Waals surface area contributed by atoms with Crippen LogP contribution in [0.4, 0.5) is 0 Å². The Morgan fingerprint density at radius 2 is 1.86 bits per heavy atom. The van der Waals surface area contributed by atoms with Crippen molar-refractivity contribution >= 4 is 11.4 Å². The van der Waals surface area contributed by atoms with E-state index in [0.29, 0.717) is 22.9 Å². The summed E-state index contributed by atoms with van der Waals surface area (Å²) >= 11 is 0. The SMILES string of the molecule is COc1cccc(-c2cn3cc(C(C)CCCN4CCCCC4)cc3c(=O)n2CC(=O)NC(C)C)c1. The van der Waals surface area contributed by atoms with Gasteiger partial charge in [-0.1, -0.05) is 25.5 Å². The highest BCUT2D eigenvalue weighted by atomic mass is 16.5. The second-order valence-electron chi connectivity index (χ2n) is 10.4. The van der Waals surface area contributed by atoms with Gasteiger partial charge in [0.2, 0.25) is 5.91 Å². The zero-order chi connectivity index (χ0) is 25.7. The van der Waals surface area contributed by atoms with E-state index < -0.39 is 0 Å². The first kappa shape index (κ1) is 26.0. The van der Waals surface area contributed by atoms with Crippen molar-refractivity contribution in [1.82, 2.24) is 19.2 Å². The fourth-order valence-corrected chi connectivity index (χ4v) is 5.15. The van der Waals surface area contributed by atoms with Gasteiger partial charge in [0.05, 0.1) is 12.8 Å². The van der Waals surface area contributed by atoms with E-state index in [9.17, 15) is 9.59 Å². The third kappa shape index (κ3) is 6.19. The molecule has 7 heteroatoms. The molecule has 1 amide bonds. The number of nitrogens with one attached hydrogen (secondary N) is 1. The number of nitrogens with zero attached hydrogens (tertiary/aromatic N) is 3. The van der Waals surface area contributed by atoms with Crippen molar-refractivity contribution in [1.29, 1.82) is 0 Å². The molecule has 1 saturated heterocycles. The molecule has 1 atom stereocenters. The second kappa shape index (κ2) is 11.8. The maximum Gasteiger partial charge on any atom is 0.275 e. The van der Waals surface area contributed by atoms with Gasteiger partial charge in [0, 0.05) is 24.0 Å². The minimum atomic E-state index is -0.182. The number of carbonyl (C=O) groups excluding carboxylic acids is 1. The van der Waals surface area contributed by atoms with Crippen LogP contribution < -0.4 is 15.6 Å². The first-order chi connectivity index (χ1) is 17.4. The van der Waals surface area contributed by atoms with Gasteiger partial charge in [-0.3, -0.25) is 14.2 Å². The summed E-state index contributed by atoms with van der Waals surface area (Å²) in [5.74, 6) is 0.874. The molecular weight excluding hydrogens is 452 g/mol. The molecule has 1 fully saturated rings. The Hall–Kier alpha value is -3.06. The van der Waals surface area contributed by atoms with Gasteiger partial charge in [0.25, 0.3) is 5.56 Å². The fraction of sp³-hybridized carbons (Fsp3) is 0.517. The normalized spacial score (nSPS) is 15.4. The molecule has 0 bridgehead atoms. The van der Waals surface area contributed by atoms with Crippen LogP contribution in [0.3, 0.4) is 0 Å². The number of hydrogen-bond donors (Lipinski definition) is 1. The van der Waals surface area contributed by atoms with Crippen LogP contribution in [0.25, 0.3) is 16.8 Å². The number of rotatable bonds is 10. The third-order valence-electron chi connectivity index (χ3n) is 7.13. The number of hydrogen-bond acceptors (Lipinski definition) is 4. The Labute approximate surface area is 214 Å². The number of methoxy groups -OCH3 is 1. The standard InChI is InChI=1S/C29H40N4O3/c1-21(2)30-28(34)20-33-27(23-11-8-12-25(16-23)36-4)19-32-18-24(17-26(32)29(33)35)22(3)10-9-15-31-13-6-5-7-14-31/h8,11-12,16-19,21-22H,5-7,9-10,13-15,20H2,1-4H3,(H,30,34). The molecule has 4 rings (SSSR count). The van der Waals surface area contributed by atoms with Crippen molar-refractivity contribution in [3.05, 3.63) is 58.6 Å². The Bertz CT molecular complexity index is 1240. The molecule has 0 radical (unpaired) electrons. The van der Waals surface area contributed by atoms with E-state index in [4.69, 9.17) is 4.74 Å². The van der Waals surface area contributed by atoms with Gasteiger partial charge < -0.3 is 19.4 Å². The lowest BCUT2D eigenvalue weighted by Crippen LogP contribution is -2.36. The molecule has 2 aromatic heterocycles. The zero-order valence-corrected chi connectivity index (χ0v) is 22.1. The maximum absolute atomic E-state index is 13.7. The number of likely N-dealkylation sites (tertiary alicyclic amines) is 1. The van der Waals surface area contributed by atoms with Crippen LogP contribution in [0.1, 0.15) is 64.4 Å². The Kier molecular flexibility index (Phi) is 8.52. The van der Waals surface area contributed by atoms with Crippen LogP contribution in [-0.2, 0) is 11.3 Å². The lowest BCUT2D eigenvalue weighted by atomic mass is 9.98. The van der Waals surface area contributed by atoms with Crippen LogP contribution in [0.2, 0.25) is 0 Å². The van der Waals surface area contributed by atoms with Crippen molar-refractivity contribution in [2.75, 3.05) is 26.7 Å². The van der Waals surface area contributed by atoms with E-state index in [2.05, 4.69) is 23.3 Å². The lowest BCUT2D eigenvalue weighted by Gasteiger charge is -2.26. The summed E-state index contributed by atoms with van der Waals surface area (Å²) in [6, 6.07) is 9.60. The van der Waals surface area contributed by atoms with Gasteiger partial charge >= 0.3 is 0 Å². The molecule has 1 unspecified atom stereocenters. The van der Waals surface area contributed by atoms with E-state index in [1.54, 1.807) is 11.7 Å². The largest absolute Gasteiger partial charge is 0.497 e. The molecule has 194 valence electrons. The molecule has 7 nitrogen and oxygen atoms in total. The molecule has 36 heavy (non-hydrogen) atoms. The Morgan fingerprint density at radius 1 is 1.08 bits per heavy atom. The summed E-state index contributed by atoms with van der Waals surface area (Å²) in [6.07, 6.45) is 10.3. The van der Waals surface area contributed by atoms with Crippen LogP contribution in [0.15, 0.2) is 47.5 Å². The Morgan fingerprint density at radius 3 is 2.58 bits per heavy atom. The number of ether oxygens (including phenoxy) is 1. The van der Waals surface area contributed by atoms with Gasteiger partial charge in [-0.25, -0.2) is 0 Å². The molecule has 0 spiro atoms. The van der Waals surface area contributed by atoms with E-state index in [1.165, 1.54) is 32.4 Å². The minimum Gasteiger partial charge on any atom is -0.497 e. The molecule has 1 N–H and O–H groups in total. The van der Waals surface area contributed by atoms with Crippen molar-refractivity contribution in [2.45, 2.75) is 71.4 Å². The summed E-state index contributed by atoms with van der Waals surface area (Å²) < 4.78 is 8.90. The number of benzene rings is 1. The van der Waals surface area contributed by atoms with Crippen molar-refractivity contribution in [3.8, 4) is 17.0 Å². The third-order valence-corrected chi connectivity index (χ3v) is 7.13. The van der Waals surface area contributed by atoms with Crippen LogP contribution in [0.5, 0.6) is 5.75 Å². The smallest absolute Gasteiger partial charge is 0.275 e. The van der Waals surface area contributed by atoms with Crippen molar-refractivity contribution in [2.24, 2.45) is 0 Å². The summed E-state index contributed by atoms with van der Waals surface area (Å²) in [5, 5.41) is 2.91. The highest BCUT2D eigenvalue weighted by molar-refractivity contribution is 5.77. The number of piperidine rings is 1. The van der Waals surface area contributed by atoms with E-state index in [0.717, 1.165) is 30.5 Å². The Balaban J connectivity index is 1.64. The molecule has 3 aromatic rings. The van der Waals surface area contributed by atoms with Gasteiger partial charge in [-0.05, 0) is 88.8 Å². The highest BCUT2D eigenvalue weighted by Crippen LogP contribution is 2.27. The van der Waals surface area contributed by atoms with E-state index in [-0.39, 0.29) is 24.1 Å². The first-order valence-electron chi connectivity index (χ1n) is 13.3. The zero-order valence-electron chi connectivity index (χ0n) is 22.1. The average molecular weight is 493 g/mol. The summed E-state index contributed by atoms with van der Waals surface area (Å²) in [7, 11) is 1.62. The van der Waals surface area contributed by atoms with Crippen LogP contribution in [-0.4, -0.2) is 52.6 Å². The lowest BCUT2D eigenvalue weighted by molar-refractivity contribution is -0.122. The molecule has 1 aromatic carbocycles. The van der Waals surface area contributed by atoms with Gasteiger partial charge in [0.15, 0.2) is 0 Å². The number of aromatic nitrogens is 2. The first-order valence-corrected chi connectivity index (χ1v) is 13.3. The maximum atomic E-state index is 13.7. The van der Waals surface area contributed by atoms with Crippen LogP contribution >= 0.6 is 0 Å². The average Bonchev–Trinajstić information content (AvgIpc) is 3.30. The van der Waals surface area contributed by atoms with Crippen molar-refractivity contribution in [3.63, 3.8) is 0 Å². The number of carbonyl (C=O) groups is 1. The van der Waals surface area contributed by atoms with Crippen LogP contribution in [0, 0.1) is 0 Å². The molecular formula is C29H40N4O3. The topological polar surface area (TPSA) is 68.0 Å². The molecule has 3 heterocycles. The predicted octanol–water partition coefficient (Wildman–Crippen LogP) is 4.67. The van der Waals surface area contributed by atoms with E-state index >= 15 is 0 Å². The number of amides is 1. The van der Waals surface area contributed by atoms with Gasteiger partial charge in [-0.2, -0.15) is 0 Å². The molecule has 0 saturated carbocycles. The summed E-state index contributed by atoms with van der Waals surface area (Å²) in [4.78, 5) is 28.9. The molecule has 1 aliphatic heterocycles. The number of fused-ring (bicyclic) bond motifs is 1. The molecule has 1 aliphatic rings. The summed E-state index contributed by atoms with van der Waals surface area (Å²) in [5.41, 5.74) is 3.10.